The Morgan fingerprint density at radius 1 is 1.40 bits per heavy atom. The fraction of sp³-hybridized carbons (Fsp3) is 0.929. The molecule has 3 atom stereocenters. The summed E-state index contributed by atoms with van der Waals surface area (Å²) >= 11 is 0. The van der Waals surface area contributed by atoms with Crippen molar-refractivity contribution in [3.05, 3.63) is 0 Å². The highest BCUT2D eigenvalue weighted by atomic mass is 32.2. The molecule has 20 heavy (non-hydrogen) atoms. The van der Waals surface area contributed by atoms with Gasteiger partial charge in [0.2, 0.25) is 0 Å². The molecule has 118 valence electrons. The summed E-state index contributed by atoms with van der Waals surface area (Å²) in [5, 5.41) is 7.07. The number of nitrogens with zero attached hydrogens (tertiary/aromatic N) is 1. The molecule has 0 saturated heterocycles. The minimum absolute atomic E-state index is 0.341. The maximum absolute atomic E-state index is 12.0. The minimum Gasteiger partial charge on any atom is -0.383 e. The molecule has 0 aromatic rings. The fourth-order valence-corrected chi connectivity index (χ4v) is 3.86. The maximum Gasteiger partial charge on any atom is 0.191 e. The lowest BCUT2D eigenvalue weighted by Gasteiger charge is -2.30. The molecule has 0 spiro atoms. The van der Waals surface area contributed by atoms with E-state index >= 15 is 0 Å². The number of hydrogen-bond acceptors (Lipinski definition) is 3. The quantitative estimate of drug-likeness (QED) is 0.422. The van der Waals surface area contributed by atoms with Gasteiger partial charge in [0, 0.05) is 41.5 Å². The van der Waals surface area contributed by atoms with Crippen molar-refractivity contribution in [2.75, 3.05) is 32.6 Å². The maximum atomic E-state index is 12.0. The number of ether oxygens (including phenoxy) is 1. The van der Waals surface area contributed by atoms with Crippen LogP contribution in [0.3, 0.4) is 0 Å². The number of guanidine groups is 1. The van der Waals surface area contributed by atoms with Gasteiger partial charge in [0.1, 0.15) is 0 Å². The van der Waals surface area contributed by atoms with Gasteiger partial charge >= 0.3 is 0 Å². The van der Waals surface area contributed by atoms with E-state index in [0.717, 1.165) is 43.9 Å². The van der Waals surface area contributed by atoms with Crippen LogP contribution in [0.15, 0.2) is 4.99 Å². The molecule has 0 aliphatic heterocycles. The molecule has 1 aliphatic rings. The van der Waals surface area contributed by atoms with Crippen LogP contribution >= 0.6 is 0 Å². The summed E-state index contributed by atoms with van der Waals surface area (Å²) in [7, 11) is 1.00. The zero-order chi connectivity index (χ0) is 14.8. The van der Waals surface area contributed by atoms with Crippen molar-refractivity contribution < 1.29 is 8.95 Å². The van der Waals surface area contributed by atoms with Gasteiger partial charge in [-0.2, -0.15) is 0 Å². The lowest BCUT2D eigenvalue weighted by molar-refractivity contribution is 0.207. The van der Waals surface area contributed by atoms with Crippen molar-refractivity contribution in [3.63, 3.8) is 0 Å². The van der Waals surface area contributed by atoms with E-state index < -0.39 is 10.8 Å². The Hall–Kier alpha value is -0.620. The van der Waals surface area contributed by atoms with Crippen LogP contribution in [0, 0.1) is 0 Å². The summed E-state index contributed by atoms with van der Waals surface area (Å²) in [4.78, 5) is 4.48. The zero-order valence-corrected chi connectivity index (χ0v) is 13.8. The van der Waals surface area contributed by atoms with E-state index in [9.17, 15) is 4.21 Å². The van der Waals surface area contributed by atoms with E-state index in [0.29, 0.717) is 24.4 Å². The van der Waals surface area contributed by atoms with Gasteiger partial charge in [0.15, 0.2) is 5.96 Å². The first-order valence-corrected chi connectivity index (χ1v) is 9.00. The molecule has 1 fully saturated rings. The van der Waals surface area contributed by atoms with Crippen LogP contribution in [0.4, 0.5) is 0 Å². The molecule has 5 nitrogen and oxygen atoms in total. The molecule has 0 bridgehead atoms. The van der Waals surface area contributed by atoms with Crippen LogP contribution in [-0.4, -0.2) is 54.0 Å². The number of hydrogen-bond donors (Lipinski definition) is 2. The highest BCUT2D eigenvalue weighted by molar-refractivity contribution is 7.85. The number of rotatable bonds is 7. The van der Waals surface area contributed by atoms with E-state index in [1.54, 1.807) is 7.11 Å². The molecular formula is C14H29N3O2S. The lowest BCUT2D eigenvalue weighted by Crippen LogP contribution is -2.46. The first-order valence-electron chi connectivity index (χ1n) is 7.62. The first kappa shape index (κ1) is 17.4. The molecule has 0 heterocycles. The van der Waals surface area contributed by atoms with Gasteiger partial charge in [-0.25, -0.2) is 0 Å². The van der Waals surface area contributed by atoms with Crippen LogP contribution in [0.5, 0.6) is 0 Å². The van der Waals surface area contributed by atoms with Gasteiger partial charge in [0.05, 0.1) is 13.2 Å². The third-order valence-corrected chi connectivity index (χ3v) is 5.27. The largest absolute Gasteiger partial charge is 0.383 e. The smallest absolute Gasteiger partial charge is 0.191 e. The molecule has 1 rings (SSSR count). The van der Waals surface area contributed by atoms with Gasteiger partial charge in [-0.3, -0.25) is 9.20 Å². The molecule has 1 aliphatic carbocycles. The van der Waals surface area contributed by atoms with E-state index in [1.165, 1.54) is 0 Å². The summed E-state index contributed by atoms with van der Waals surface area (Å²) < 4.78 is 17.0. The van der Waals surface area contributed by atoms with E-state index in [-0.39, 0.29) is 0 Å². The van der Waals surface area contributed by atoms with Gasteiger partial charge < -0.3 is 15.4 Å². The molecule has 0 aromatic carbocycles. The van der Waals surface area contributed by atoms with Gasteiger partial charge in [-0.05, 0) is 26.2 Å². The Morgan fingerprint density at radius 2 is 2.20 bits per heavy atom. The Kier molecular flexibility index (Phi) is 8.85. The van der Waals surface area contributed by atoms with Gasteiger partial charge in [-0.1, -0.05) is 13.3 Å². The predicted octanol–water partition coefficient (Wildman–Crippen LogP) is 1.27. The van der Waals surface area contributed by atoms with Crippen LogP contribution in [0.25, 0.3) is 0 Å². The fourth-order valence-electron chi connectivity index (χ4n) is 2.51. The molecule has 0 radical (unpaired) electrons. The third-order valence-electron chi connectivity index (χ3n) is 3.53. The highest BCUT2D eigenvalue weighted by Gasteiger charge is 2.25. The van der Waals surface area contributed by atoms with E-state index in [2.05, 4.69) is 22.5 Å². The second-order valence-corrected chi connectivity index (χ2v) is 7.06. The standard InChI is InChI=1S/C14H29N3O2S/c1-4-15-14(16-9-10-19-3)17-12-7-6-8-13(11-12)20(18)5-2/h12-13H,4-11H2,1-3H3,(H2,15,16,17). The number of aliphatic imine (C=N–C) groups is 1. The summed E-state index contributed by atoms with van der Waals surface area (Å²) in [6, 6.07) is 0.379. The molecule has 1 saturated carbocycles. The van der Waals surface area contributed by atoms with Gasteiger partial charge in [-0.15, -0.1) is 0 Å². The monoisotopic (exact) mass is 303 g/mol. The molecule has 6 heteroatoms. The summed E-state index contributed by atoms with van der Waals surface area (Å²) in [5.74, 6) is 1.61. The topological polar surface area (TPSA) is 62.7 Å². The highest BCUT2D eigenvalue weighted by Crippen LogP contribution is 2.22. The normalized spacial score (nSPS) is 25.2. The Morgan fingerprint density at radius 3 is 2.85 bits per heavy atom. The molecular weight excluding hydrogens is 274 g/mol. The Labute approximate surface area is 125 Å². The summed E-state index contributed by atoms with van der Waals surface area (Å²) in [6.45, 7) is 6.19. The van der Waals surface area contributed by atoms with Crippen LogP contribution in [0.1, 0.15) is 39.5 Å². The van der Waals surface area contributed by atoms with Crippen molar-refractivity contribution in [3.8, 4) is 0 Å². The van der Waals surface area contributed by atoms with Crippen molar-refractivity contribution in [1.82, 2.24) is 10.6 Å². The Bertz CT molecular complexity index is 324. The number of nitrogens with one attached hydrogen (secondary N) is 2. The second-order valence-electron chi connectivity index (χ2n) is 5.05. The van der Waals surface area contributed by atoms with Crippen LogP contribution < -0.4 is 10.6 Å². The van der Waals surface area contributed by atoms with Gasteiger partial charge in [0.25, 0.3) is 0 Å². The zero-order valence-electron chi connectivity index (χ0n) is 13.0. The number of methoxy groups -OCH3 is 1. The molecule has 2 N–H and O–H groups in total. The van der Waals surface area contributed by atoms with Crippen molar-refractivity contribution in [2.45, 2.75) is 50.8 Å². The van der Waals surface area contributed by atoms with E-state index in [4.69, 9.17) is 4.74 Å². The van der Waals surface area contributed by atoms with Crippen molar-refractivity contribution >= 4 is 16.8 Å². The second kappa shape index (κ2) is 10.2. The first-order chi connectivity index (χ1) is 9.71. The summed E-state index contributed by atoms with van der Waals surface area (Å²) in [5.41, 5.74) is 0. The summed E-state index contributed by atoms with van der Waals surface area (Å²) in [6.07, 6.45) is 4.35. The average molecular weight is 303 g/mol. The van der Waals surface area contributed by atoms with Crippen molar-refractivity contribution in [1.29, 1.82) is 0 Å². The van der Waals surface area contributed by atoms with Crippen LogP contribution in [0.2, 0.25) is 0 Å². The molecule has 3 unspecified atom stereocenters. The average Bonchev–Trinajstić information content (AvgIpc) is 2.47. The Balaban J connectivity index is 2.50. The third kappa shape index (κ3) is 6.22. The van der Waals surface area contributed by atoms with Crippen LogP contribution in [-0.2, 0) is 15.5 Å². The molecule has 0 aromatic heterocycles. The van der Waals surface area contributed by atoms with E-state index in [1.807, 2.05) is 6.92 Å². The minimum atomic E-state index is -0.680. The molecule has 0 amide bonds. The predicted molar refractivity (Wildman–Crippen MR) is 85.7 cm³/mol. The lowest BCUT2D eigenvalue weighted by atomic mass is 9.95. The SMILES string of the molecule is CCNC(=NCCOC)NC1CCCC(S(=O)CC)C1. The van der Waals surface area contributed by atoms with Crippen molar-refractivity contribution in [2.24, 2.45) is 4.99 Å².